The molecule has 2 heterocycles. The highest BCUT2D eigenvalue weighted by atomic mass is 32.2. The van der Waals surface area contributed by atoms with E-state index < -0.39 is 21.8 Å². The summed E-state index contributed by atoms with van der Waals surface area (Å²) < 4.78 is 27.6. The van der Waals surface area contributed by atoms with E-state index in [-0.39, 0.29) is 18.6 Å². The zero-order valence-electron chi connectivity index (χ0n) is 15.4. The van der Waals surface area contributed by atoms with Gasteiger partial charge in [0.15, 0.2) is 0 Å². The molecule has 2 amide bonds. The Hall–Kier alpha value is -1.45. The first-order chi connectivity index (χ1) is 13.0. The van der Waals surface area contributed by atoms with Gasteiger partial charge < -0.3 is 10.6 Å². The average molecular weight is 414 g/mol. The van der Waals surface area contributed by atoms with Crippen LogP contribution in [0.1, 0.15) is 51.4 Å². The molecule has 1 unspecified atom stereocenters. The Bertz CT molecular complexity index is 743. The van der Waals surface area contributed by atoms with Crippen molar-refractivity contribution in [2.45, 2.75) is 67.7 Å². The maximum absolute atomic E-state index is 12.8. The highest BCUT2D eigenvalue weighted by Crippen LogP contribution is 2.29. The number of nitrogens with one attached hydrogen (secondary N) is 2. The number of hydrogen-bond donors (Lipinski definition) is 2. The fraction of sp³-hybridized carbons (Fsp3) is 0.667. The normalized spacial score (nSPS) is 21.9. The molecule has 1 saturated carbocycles. The Morgan fingerprint density at radius 2 is 1.85 bits per heavy atom. The predicted octanol–water partition coefficient (Wildman–Crippen LogP) is 1.86. The van der Waals surface area contributed by atoms with Gasteiger partial charge in [-0.05, 0) is 43.6 Å². The van der Waals surface area contributed by atoms with E-state index in [1.54, 1.807) is 21.8 Å². The molecule has 2 aliphatic rings. The van der Waals surface area contributed by atoms with Crippen molar-refractivity contribution in [3.8, 4) is 0 Å². The van der Waals surface area contributed by atoms with Crippen LogP contribution in [0.4, 0.5) is 0 Å². The SMILES string of the molecule is O=C(NCCC1CCCCN1S(=O)(=O)c1cccs1)C(=O)NC1CCCC1. The Balaban J connectivity index is 1.51. The lowest BCUT2D eigenvalue weighted by Crippen LogP contribution is -2.47. The zero-order valence-corrected chi connectivity index (χ0v) is 17.0. The summed E-state index contributed by atoms with van der Waals surface area (Å²) in [5, 5.41) is 7.16. The first-order valence-corrected chi connectivity index (χ1v) is 11.9. The Labute approximate surface area is 164 Å². The lowest BCUT2D eigenvalue weighted by atomic mass is 10.0. The van der Waals surface area contributed by atoms with Gasteiger partial charge in [-0.1, -0.05) is 25.3 Å². The maximum Gasteiger partial charge on any atom is 0.309 e. The van der Waals surface area contributed by atoms with E-state index in [9.17, 15) is 18.0 Å². The molecule has 0 aromatic carbocycles. The Morgan fingerprint density at radius 1 is 1.11 bits per heavy atom. The van der Waals surface area contributed by atoms with E-state index in [4.69, 9.17) is 0 Å². The van der Waals surface area contributed by atoms with Gasteiger partial charge in [-0.3, -0.25) is 9.59 Å². The van der Waals surface area contributed by atoms with Crippen molar-refractivity contribution >= 4 is 33.2 Å². The second kappa shape index (κ2) is 9.16. The first kappa shape index (κ1) is 20.3. The number of thiophene rings is 1. The molecule has 1 saturated heterocycles. The fourth-order valence-corrected chi connectivity index (χ4v) is 6.70. The number of carbonyl (C=O) groups is 2. The Morgan fingerprint density at radius 3 is 2.56 bits per heavy atom. The molecule has 2 N–H and O–H groups in total. The van der Waals surface area contributed by atoms with Crippen LogP contribution >= 0.6 is 11.3 Å². The summed E-state index contributed by atoms with van der Waals surface area (Å²) in [6.45, 7) is 0.791. The van der Waals surface area contributed by atoms with Gasteiger partial charge in [0.1, 0.15) is 4.21 Å². The summed E-state index contributed by atoms with van der Waals surface area (Å²) in [7, 11) is -3.49. The predicted molar refractivity (Wildman–Crippen MR) is 104 cm³/mol. The second-order valence-electron chi connectivity index (χ2n) is 7.20. The van der Waals surface area contributed by atoms with E-state index in [0.29, 0.717) is 17.2 Å². The summed E-state index contributed by atoms with van der Waals surface area (Å²) in [4.78, 5) is 23.9. The van der Waals surface area contributed by atoms with Gasteiger partial charge in [0, 0.05) is 25.2 Å². The molecular formula is C18H27N3O4S2. The molecule has 1 atom stereocenters. The largest absolute Gasteiger partial charge is 0.348 e. The van der Waals surface area contributed by atoms with Crippen molar-refractivity contribution in [2.24, 2.45) is 0 Å². The minimum atomic E-state index is -3.49. The van der Waals surface area contributed by atoms with E-state index in [1.807, 2.05) is 0 Å². The second-order valence-corrected chi connectivity index (χ2v) is 10.3. The van der Waals surface area contributed by atoms with Crippen LogP contribution in [0.5, 0.6) is 0 Å². The van der Waals surface area contributed by atoms with E-state index in [2.05, 4.69) is 10.6 Å². The van der Waals surface area contributed by atoms with Crippen molar-refractivity contribution in [2.75, 3.05) is 13.1 Å². The lowest BCUT2D eigenvalue weighted by Gasteiger charge is -2.34. The van der Waals surface area contributed by atoms with Crippen LogP contribution in [0.15, 0.2) is 21.7 Å². The van der Waals surface area contributed by atoms with Gasteiger partial charge in [0.2, 0.25) is 0 Å². The molecule has 150 valence electrons. The minimum absolute atomic E-state index is 0.105. The minimum Gasteiger partial charge on any atom is -0.348 e. The van der Waals surface area contributed by atoms with Crippen molar-refractivity contribution in [3.63, 3.8) is 0 Å². The van der Waals surface area contributed by atoms with Gasteiger partial charge in [0.05, 0.1) is 0 Å². The van der Waals surface area contributed by atoms with Crippen LogP contribution in [0.3, 0.4) is 0 Å². The number of hydrogen-bond acceptors (Lipinski definition) is 5. The van der Waals surface area contributed by atoms with Gasteiger partial charge in [0.25, 0.3) is 10.0 Å². The third-order valence-corrected chi connectivity index (χ3v) is 8.62. The monoisotopic (exact) mass is 413 g/mol. The number of carbonyl (C=O) groups excluding carboxylic acids is 2. The standard InChI is InChI=1S/C18H27N3O4S2/c22-17(18(23)20-14-6-1-2-7-14)19-11-10-15-8-3-4-12-21(15)27(24,25)16-9-5-13-26-16/h5,9,13-15H,1-4,6-8,10-12H2,(H,19,22)(H,20,23). The van der Waals surface area contributed by atoms with Crippen molar-refractivity contribution in [1.29, 1.82) is 0 Å². The molecular weight excluding hydrogens is 386 g/mol. The molecule has 2 fully saturated rings. The van der Waals surface area contributed by atoms with Crippen LogP contribution < -0.4 is 10.6 Å². The van der Waals surface area contributed by atoms with Crippen LogP contribution in [-0.4, -0.2) is 49.7 Å². The molecule has 0 spiro atoms. The number of sulfonamides is 1. The molecule has 1 aromatic heterocycles. The van der Waals surface area contributed by atoms with E-state index >= 15 is 0 Å². The molecule has 1 aromatic rings. The number of nitrogens with zero attached hydrogens (tertiary/aromatic N) is 1. The van der Waals surface area contributed by atoms with Crippen LogP contribution in [0, 0.1) is 0 Å². The smallest absolute Gasteiger partial charge is 0.309 e. The van der Waals surface area contributed by atoms with Gasteiger partial charge in [-0.15, -0.1) is 11.3 Å². The molecule has 9 heteroatoms. The third-order valence-electron chi connectivity index (χ3n) is 5.29. The summed E-state index contributed by atoms with van der Waals surface area (Å²) in [6, 6.07) is 3.32. The quantitative estimate of drug-likeness (QED) is 0.696. The highest BCUT2D eigenvalue weighted by Gasteiger charge is 2.34. The third kappa shape index (κ3) is 5.08. The Kier molecular flexibility index (Phi) is 6.88. The van der Waals surface area contributed by atoms with E-state index in [0.717, 1.165) is 44.9 Å². The molecule has 27 heavy (non-hydrogen) atoms. The van der Waals surface area contributed by atoms with Gasteiger partial charge in [-0.25, -0.2) is 8.42 Å². The molecule has 0 radical (unpaired) electrons. The van der Waals surface area contributed by atoms with Crippen LogP contribution in [0.25, 0.3) is 0 Å². The van der Waals surface area contributed by atoms with Crippen LogP contribution in [0.2, 0.25) is 0 Å². The summed E-state index contributed by atoms with van der Waals surface area (Å²) in [5.41, 5.74) is 0. The number of piperidine rings is 1. The average Bonchev–Trinajstić information content (AvgIpc) is 3.36. The van der Waals surface area contributed by atoms with Crippen molar-refractivity contribution in [1.82, 2.24) is 14.9 Å². The molecule has 3 rings (SSSR count). The number of rotatable bonds is 6. The molecule has 1 aliphatic carbocycles. The highest BCUT2D eigenvalue weighted by molar-refractivity contribution is 7.91. The maximum atomic E-state index is 12.8. The van der Waals surface area contributed by atoms with Gasteiger partial charge in [-0.2, -0.15) is 4.31 Å². The molecule has 7 nitrogen and oxygen atoms in total. The molecule has 0 bridgehead atoms. The van der Waals surface area contributed by atoms with Crippen molar-refractivity contribution < 1.29 is 18.0 Å². The zero-order chi connectivity index (χ0) is 19.3. The first-order valence-electron chi connectivity index (χ1n) is 9.62. The summed E-state index contributed by atoms with van der Waals surface area (Å²) >= 11 is 1.22. The van der Waals surface area contributed by atoms with Crippen molar-refractivity contribution in [3.05, 3.63) is 17.5 Å². The fourth-order valence-electron chi connectivity index (χ4n) is 3.86. The lowest BCUT2D eigenvalue weighted by molar-refractivity contribution is -0.139. The van der Waals surface area contributed by atoms with E-state index in [1.165, 1.54) is 11.3 Å². The summed E-state index contributed by atoms with van der Waals surface area (Å²) in [6.07, 6.45) is 7.12. The molecule has 1 aliphatic heterocycles. The van der Waals surface area contributed by atoms with Crippen LogP contribution in [-0.2, 0) is 19.6 Å². The van der Waals surface area contributed by atoms with Gasteiger partial charge >= 0.3 is 11.8 Å². The summed E-state index contributed by atoms with van der Waals surface area (Å²) in [5.74, 6) is -1.22. The number of amides is 2. The topological polar surface area (TPSA) is 95.6 Å².